The van der Waals surface area contributed by atoms with Crippen molar-refractivity contribution in [1.29, 1.82) is 0 Å². The molecule has 0 bridgehead atoms. The van der Waals surface area contributed by atoms with E-state index in [4.69, 9.17) is 4.74 Å². The lowest BCUT2D eigenvalue weighted by molar-refractivity contribution is -0.116. The number of rotatable bonds is 6. The van der Waals surface area contributed by atoms with Gasteiger partial charge in [-0.2, -0.15) is 0 Å². The topological polar surface area (TPSA) is 91.8 Å². The van der Waals surface area contributed by atoms with Crippen LogP contribution in [0.3, 0.4) is 0 Å². The normalized spacial score (nSPS) is 15.3. The number of hydrogen-bond donors (Lipinski definition) is 3. The molecule has 2 aromatic carbocycles. The van der Waals surface area contributed by atoms with Crippen LogP contribution in [0.25, 0.3) is 0 Å². The van der Waals surface area contributed by atoms with E-state index in [-0.39, 0.29) is 41.8 Å². The number of anilines is 1. The zero-order chi connectivity index (χ0) is 20.6. The molecular weight excluding hydrogens is 495 g/mol. The molecule has 8 heteroatoms. The van der Waals surface area contributed by atoms with E-state index in [0.717, 1.165) is 23.4 Å². The van der Waals surface area contributed by atoms with Gasteiger partial charge in [0.1, 0.15) is 0 Å². The van der Waals surface area contributed by atoms with Crippen LogP contribution >= 0.6 is 24.0 Å². The number of methoxy groups -OCH3 is 1. The van der Waals surface area contributed by atoms with Crippen LogP contribution in [0.15, 0.2) is 53.5 Å². The van der Waals surface area contributed by atoms with Gasteiger partial charge in [-0.1, -0.05) is 30.3 Å². The number of para-hydroxylation sites is 1. The Bertz CT molecular complexity index is 900. The Kier molecular flexibility index (Phi) is 9.10. The first-order valence-corrected chi connectivity index (χ1v) is 9.69. The van der Waals surface area contributed by atoms with Crippen molar-refractivity contribution < 1.29 is 14.3 Å². The highest BCUT2D eigenvalue weighted by Crippen LogP contribution is 2.31. The van der Waals surface area contributed by atoms with E-state index in [9.17, 15) is 9.59 Å². The minimum absolute atomic E-state index is 0. The number of nitrogens with zero attached hydrogens (tertiary/aromatic N) is 1. The summed E-state index contributed by atoms with van der Waals surface area (Å²) >= 11 is 0. The Morgan fingerprint density at radius 3 is 2.60 bits per heavy atom. The molecule has 1 unspecified atom stereocenters. The molecule has 0 spiro atoms. The third kappa shape index (κ3) is 6.19. The third-order valence-electron chi connectivity index (χ3n) is 4.76. The number of halogens is 1. The Morgan fingerprint density at radius 2 is 1.90 bits per heavy atom. The van der Waals surface area contributed by atoms with Crippen molar-refractivity contribution in [1.82, 2.24) is 10.6 Å². The minimum Gasteiger partial charge on any atom is -0.465 e. The van der Waals surface area contributed by atoms with Crippen LogP contribution in [0.5, 0.6) is 0 Å². The highest BCUT2D eigenvalue weighted by molar-refractivity contribution is 14.0. The molecule has 3 rings (SSSR count). The predicted molar refractivity (Wildman–Crippen MR) is 128 cm³/mol. The lowest BCUT2D eigenvalue weighted by Crippen LogP contribution is -2.40. The van der Waals surface area contributed by atoms with Crippen molar-refractivity contribution in [3.63, 3.8) is 0 Å². The molecule has 1 aliphatic heterocycles. The maximum Gasteiger partial charge on any atom is 0.337 e. The van der Waals surface area contributed by atoms with E-state index in [0.29, 0.717) is 31.0 Å². The molecule has 1 amide bonds. The number of fused-ring (bicyclic) bond motifs is 1. The fourth-order valence-corrected chi connectivity index (χ4v) is 3.28. The molecule has 160 valence electrons. The molecule has 1 heterocycles. The van der Waals surface area contributed by atoms with Crippen LogP contribution in [0.1, 0.15) is 40.7 Å². The molecule has 2 aromatic rings. The first-order valence-electron chi connectivity index (χ1n) is 9.69. The summed E-state index contributed by atoms with van der Waals surface area (Å²) in [6, 6.07) is 15.1. The van der Waals surface area contributed by atoms with Gasteiger partial charge >= 0.3 is 5.97 Å². The van der Waals surface area contributed by atoms with Crippen LogP contribution in [-0.4, -0.2) is 38.0 Å². The Hall–Kier alpha value is -2.62. The van der Waals surface area contributed by atoms with E-state index in [1.165, 1.54) is 7.11 Å². The van der Waals surface area contributed by atoms with E-state index in [2.05, 4.69) is 20.9 Å². The lowest BCUT2D eigenvalue weighted by Gasteiger charge is -2.26. The summed E-state index contributed by atoms with van der Waals surface area (Å²) in [4.78, 5) is 28.1. The minimum atomic E-state index is -0.355. The molecule has 0 fully saturated rings. The van der Waals surface area contributed by atoms with Crippen molar-refractivity contribution >= 4 is 47.5 Å². The molecule has 30 heavy (non-hydrogen) atoms. The molecule has 1 aliphatic rings. The number of benzene rings is 2. The molecule has 0 aromatic heterocycles. The number of carbonyl (C=O) groups excluding carboxylic acids is 2. The molecule has 0 radical (unpaired) electrons. The molecule has 0 saturated carbocycles. The summed E-state index contributed by atoms with van der Waals surface area (Å²) in [5, 5.41) is 9.50. The third-order valence-corrected chi connectivity index (χ3v) is 4.76. The molecular formula is C22H27IN4O3. The average molecular weight is 522 g/mol. The quantitative estimate of drug-likeness (QED) is 0.235. The van der Waals surface area contributed by atoms with Crippen molar-refractivity contribution in [3.05, 3.63) is 65.2 Å². The van der Waals surface area contributed by atoms with Gasteiger partial charge in [-0.25, -0.2) is 9.79 Å². The second-order valence-corrected chi connectivity index (χ2v) is 6.80. The Balaban J connectivity index is 0.00000320. The number of hydrogen-bond acceptors (Lipinski definition) is 4. The standard InChI is InChI=1S/C22H26N4O3.HI/c1-3-23-22(24-13-15-8-10-16(11-9-15)21(28)29-2)25-14-17-12-20(27)26-19-7-5-4-6-18(17)19;/h4-11,17H,3,12-14H2,1-2H3,(H,26,27)(H2,23,24,25);1H. The van der Waals surface area contributed by atoms with Gasteiger partial charge in [0.25, 0.3) is 0 Å². The molecule has 1 atom stereocenters. The van der Waals surface area contributed by atoms with Crippen molar-refractivity contribution in [2.45, 2.75) is 25.8 Å². The van der Waals surface area contributed by atoms with Gasteiger partial charge in [-0.15, -0.1) is 24.0 Å². The summed E-state index contributed by atoms with van der Waals surface area (Å²) in [6.07, 6.45) is 0.443. The Labute approximate surface area is 193 Å². The second kappa shape index (κ2) is 11.5. The number of amides is 1. The fraction of sp³-hybridized carbons (Fsp3) is 0.318. The number of esters is 1. The molecule has 3 N–H and O–H groups in total. The number of guanidine groups is 1. The van der Waals surface area contributed by atoms with Crippen molar-refractivity contribution in [3.8, 4) is 0 Å². The number of ether oxygens (including phenoxy) is 1. The molecule has 0 saturated heterocycles. The zero-order valence-electron chi connectivity index (χ0n) is 17.1. The first kappa shape index (κ1) is 23.7. The van der Waals surface area contributed by atoms with E-state index >= 15 is 0 Å². The van der Waals surface area contributed by atoms with Gasteiger partial charge in [0, 0.05) is 31.1 Å². The summed E-state index contributed by atoms with van der Waals surface area (Å²) in [6.45, 7) is 3.82. The Morgan fingerprint density at radius 1 is 1.17 bits per heavy atom. The second-order valence-electron chi connectivity index (χ2n) is 6.80. The zero-order valence-corrected chi connectivity index (χ0v) is 19.4. The number of aliphatic imine (C=N–C) groups is 1. The highest BCUT2D eigenvalue weighted by atomic mass is 127. The lowest BCUT2D eigenvalue weighted by atomic mass is 9.90. The first-order chi connectivity index (χ1) is 14.1. The van der Waals surface area contributed by atoms with Crippen molar-refractivity contribution in [2.24, 2.45) is 4.99 Å². The number of carbonyl (C=O) groups is 2. The summed E-state index contributed by atoms with van der Waals surface area (Å²) in [7, 11) is 1.36. The average Bonchev–Trinajstić information content (AvgIpc) is 2.75. The predicted octanol–water partition coefficient (Wildman–Crippen LogP) is 3.27. The van der Waals surface area contributed by atoms with Gasteiger partial charge in [0.15, 0.2) is 5.96 Å². The van der Waals surface area contributed by atoms with Crippen LogP contribution in [0.4, 0.5) is 5.69 Å². The molecule has 7 nitrogen and oxygen atoms in total. The van der Waals surface area contributed by atoms with Gasteiger partial charge < -0.3 is 20.7 Å². The fourth-order valence-electron chi connectivity index (χ4n) is 3.28. The van der Waals surface area contributed by atoms with E-state index in [1.54, 1.807) is 12.1 Å². The van der Waals surface area contributed by atoms with E-state index in [1.807, 2.05) is 43.3 Å². The molecule has 0 aliphatic carbocycles. The summed E-state index contributed by atoms with van der Waals surface area (Å²) in [5.41, 5.74) is 3.51. The maximum absolute atomic E-state index is 12.0. The van der Waals surface area contributed by atoms with Crippen molar-refractivity contribution in [2.75, 3.05) is 25.5 Å². The van der Waals surface area contributed by atoms with Gasteiger partial charge in [-0.3, -0.25) is 4.79 Å². The monoisotopic (exact) mass is 522 g/mol. The van der Waals surface area contributed by atoms with Gasteiger partial charge in [0.05, 0.1) is 19.2 Å². The highest BCUT2D eigenvalue weighted by Gasteiger charge is 2.24. The van der Waals surface area contributed by atoms with Crippen LogP contribution in [0, 0.1) is 0 Å². The van der Waals surface area contributed by atoms with Crippen LogP contribution < -0.4 is 16.0 Å². The number of nitrogens with one attached hydrogen (secondary N) is 3. The maximum atomic E-state index is 12.0. The van der Waals surface area contributed by atoms with E-state index < -0.39 is 0 Å². The van der Waals surface area contributed by atoms with Crippen LogP contribution in [0.2, 0.25) is 0 Å². The van der Waals surface area contributed by atoms with Gasteiger partial charge in [0.2, 0.25) is 5.91 Å². The smallest absolute Gasteiger partial charge is 0.337 e. The van der Waals surface area contributed by atoms with Gasteiger partial charge in [-0.05, 0) is 36.2 Å². The SMILES string of the molecule is CCNC(=NCc1ccc(C(=O)OC)cc1)NCC1CC(=O)Nc2ccccc21.I. The summed E-state index contributed by atoms with van der Waals surface area (Å²) < 4.78 is 4.71. The summed E-state index contributed by atoms with van der Waals surface area (Å²) in [5.74, 6) is 0.450. The van der Waals surface area contributed by atoms with Crippen LogP contribution in [-0.2, 0) is 16.1 Å². The largest absolute Gasteiger partial charge is 0.465 e.